The summed E-state index contributed by atoms with van der Waals surface area (Å²) in [6, 6.07) is 8.30. The molecule has 0 spiro atoms. The van der Waals surface area contributed by atoms with Gasteiger partial charge in [0, 0.05) is 29.9 Å². The van der Waals surface area contributed by atoms with Gasteiger partial charge >= 0.3 is 0 Å². The second-order valence-corrected chi connectivity index (χ2v) is 6.19. The van der Waals surface area contributed by atoms with Crippen molar-refractivity contribution in [3.8, 4) is 5.75 Å². The molecule has 0 bridgehead atoms. The van der Waals surface area contributed by atoms with Crippen LogP contribution < -0.4 is 4.90 Å². The molecule has 3 nitrogen and oxygen atoms in total. The fourth-order valence-corrected chi connectivity index (χ4v) is 3.12. The van der Waals surface area contributed by atoms with E-state index in [1.807, 2.05) is 12.1 Å². The molecule has 2 aromatic rings. The Morgan fingerprint density at radius 3 is 2.70 bits per heavy atom. The molecule has 4 heteroatoms. The van der Waals surface area contributed by atoms with Crippen molar-refractivity contribution in [3.63, 3.8) is 0 Å². The van der Waals surface area contributed by atoms with E-state index in [1.165, 1.54) is 18.4 Å². The molecule has 1 aromatic carbocycles. The topological polar surface area (TPSA) is 43.7 Å². The van der Waals surface area contributed by atoms with E-state index in [9.17, 15) is 10.2 Å². The molecule has 1 saturated carbocycles. The molecule has 1 heterocycles. The minimum Gasteiger partial charge on any atom is -0.507 e. The molecule has 1 unspecified atom stereocenters. The zero-order valence-electron chi connectivity index (χ0n) is 11.5. The Labute approximate surface area is 123 Å². The first-order valence-electron chi connectivity index (χ1n) is 6.94. The van der Waals surface area contributed by atoms with Crippen LogP contribution in [0.3, 0.4) is 0 Å². The molecule has 0 radical (unpaired) electrons. The fraction of sp³-hybridized carbons (Fsp3) is 0.375. The average Bonchev–Trinajstić information content (AvgIpc) is 3.12. The number of nitrogens with zero attached hydrogens (tertiary/aromatic N) is 1. The van der Waals surface area contributed by atoms with E-state index >= 15 is 0 Å². The Balaban J connectivity index is 1.86. The van der Waals surface area contributed by atoms with Crippen LogP contribution >= 0.6 is 11.3 Å². The van der Waals surface area contributed by atoms with Gasteiger partial charge in [-0.25, -0.2) is 0 Å². The molecule has 1 aliphatic carbocycles. The van der Waals surface area contributed by atoms with Gasteiger partial charge in [-0.2, -0.15) is 11.3 Å². The highest BCUT2D eigenvalue weighted by molar-refractivity contribution is 7.07. The molecular weight excluding hydrogens is 270 g/mol. The minimum absolute atomic E-state index is 0.175. The minimum atomic E-state index is -0.643. The number of phenols is 1. The molecule has 0 amide bonds. The highest BCUT2D eigenvalue weighted by Gasteiger charge is 2.29. The van der Waals surface area contributed by atoms with Gasteiger partial charge in [-0.05, 0) is 48.2 Å². The highest BCUT2D eigenvalue weighted by Crippen LogP contribution is 2.36. The lowest BCUT2D eigenvalue weighted by atomic mass is 10.1. The summed E-state index contributed by atoms with van der Waals surface area (Å²) in [7, 11) is 0. The number of anilines is 1. The van der Waals surface area contributed by atoms with Crippen LogP contribution in [0.5, 0.6) is 5.75 Å². The van der Waals surface area contributed by atoms with Crippen molar-refractivity contribution in [2.75, 3.05) is 4.90 Å². The third-order valence-electron chi connectivity index (χ3n) is 3.72. The van der Waals surface area contributed by atoms with Gasteiger partial charge in [0.2, 0.25) is 0 Å². The van der Waals surface area contributed by atoms with Crippen molar-refractivity contribution in [3.05, 3.63) is 46.2 Å². The second-order valence-electron chi connectivity index (χ2n) is 5.41. The molecule has 1 aliphatic rings. The van der Waals surface area contributed by atoms with E-state index in [2.05, 4.69) is 21.7 Å². The smallest absolute Gasteiger partial charge is 0.123 e. The standard InChI is InChI=1S/C16H19NO2S/c1-11(18)15-5-4-14(8-16(15)19)17(13-2-3-13)9-12-6-7-20-10-12/h4-8,10-11,13,18-19H,2-3,9H2,1H3. The number of hydrogen-bond donors (Lipinski definition) is 2. The first-order chi connectivity index (χ1) is 9.65. The number of phenolic OH excluding ortho intramolecular Hbond substituents is 1. The Morgan fingerprint density at radius 1 is 1.35 bits per heavy atom. The summed E-state index contributed by atoms with van der Waals surface area (Å²) in [5, 5.41) is 23.9. The Morgan fingerprint density at radius 2 is 2.15 bits per heavy atom. The molecule has 1 atom stereocenters. The van der Waals surface area contributed by atoms with E-state index < -0.39 is 6.10 Å². The third-order valence-corrected chi connectivity index (χ3v) is 4.45. The maximum atomic E-state index is 10.1. The maximum Gasteiger partial charge on any atom is 0.123 e. The van der Waals surface area contributed by atoms with Crippen LogP contribution in [-0.4, -0.2) is 16.3 Å². The van der Waals surface area contributed by atoms with Crippen LogP contribution in [0.2, 0.25) is 0 Å². The van der Waals surface area contributed by atoms with Crippen molar-refractivity contribution < 1.29 is 10.2 Å². The predicted octanol–water partition coefficient (Wildman–Crippen LogP) is 3.68. The average molecular weight is 289 g/mol. The zero-order chi connectivity index (χ0) is 14.1. The molecular formula is C16H19NO2S. The fourth-order valence-electron chi connectivity index (χ4n) is 2.46. The SMILES string of the molecule is CC(O)c1ccc(N(Cc2ccsc2)C2CC2)cc1O. The summed E-state index contributed by atoms with van der Waals surface area (Å²) in [6.45, 7) is 2.54. The monoisotopic (exact) mass is 289 g/mol. The van der Waals surface area contributed by atoms with Gasteiger partial charge in [0.25, 0.3) is 0 Å². The Bertz CT molecular complexity index is 576. The molecule has 3 rings (SSSR count). The van der Waals surface area contributed by atoms with Gasteiger partial charge in [-0.1, -0.05) is 6.07 Å². The van der Waals surface area contributed by atoms with Gasteiger partial charge in [-0.15, -0.1) is 0 Å². The van der Waals surface area contributed by atoms with Crippen molar-refractivity contribution in [1.29, 1.82) is 0 Å². The lowest BCUT2D eigenvalue weighted by Gasteiger charge is -2.25. The van der Waals surface area contributed by atoms with Crippen LogP contribution in [0, 0.1) is 0 Å². The maximum absolute atomic E-state index is 10.1. The quantitative estimate of drug-likeness (QED) is 0.882. The Hall–Kier alpha value is -1.52. The van der Waals surface area contributed by atoms with Crippen molar-refractivity contribution in [2.24, 2.45) is 0 Å². The van der Waals surface area contributed by atoms with E-state index in [1.54, 1.807) is 24.3 Å². The van der Waals surface area contributed by atoms with E-state index in [4.69, 9.17) is 0 Å². The summed E-state index contributed by atoms with van der Waals surface area (Å²) < 4.78 is 0. The van der Waals surface area contributed by atoms with Crippen LogP contribution in [0.25, 0.3) is 0 Å². The highest BCUT2D eigenvalue weighted by atomic mass is 32.1. The number of aromatic hydroxyl groups is 1. The normalized spacial score (nSPS) is 16.1. The summed E-state index contributed by atoms with van der Waals surface area (Å²) in [6.07, 6.45) is 1.78. The summed E-state index contributed by atoms with van der Waals surface area (Å²) >= 11 is 1.71. The van der Waals surface area contributed by atoms with Gasteiger partial charge < -0.3 is 15.1 Å². The lowest BCUT2D eigenvalue weighted by Crippen LogP contribution is -2.24. The number of benzene rings is 1. The van der Waals surface area contributed by atoms with Crippen molar-refractivity contribution in [1.82, 2.24) is 0 Å². The first kappa shape index (κ1) is 13.5. The predicted molar refractivity (Wildman–Crippen MR) is 82.3 cm³/mol. The molecule has 1 aromatic heterocycles. The van der Waals surface area contributed by atoms with Gasteiger partial charge in [0.1, 0.15) is 5.75 Å². The third kappa shape index (κ3) is 2.81. The van der Waals surface area contributed by atoms with Crippen LogP contribution in [0.15, 0.2) is 35.0 Å². The summed E-state index contributed by atoms with van der Waals surface area (Å²) in [5.74, 6) is 0.175. The lowest BCUT2D eigenvalue weighted by molar-refractivity contribution is 0.195. The number of thiophene rings is 1. The van der Waals surface area contributed by atoms with E-state index in [0.717, 1.165) is 12.2 Å². The zero-order valence-corrected chi connectivity index (χ0v) is 12.3. The molecule has 0 aliphatic heterocycles. The van der Waals surface area contributed by atoms with E-state index in [-0.39, 0.29) is 5.75 Å². The van der Waals surface area contributed by atoms with Gasteiger partial charge in [0.05, 0.1) is 6.10 Å². The van der Waals surface area contributed by atoms with Crippen molar-refractivity contribution in [2.45, 2.75) is 38.5 Å². The van der Waals surface area contributed by atoms with Gasteiger partial charge in [-0.3, -0.25) is 0 Å². The van der Waals surface area contributed by atoms with Crippen molar-refractivity contribution >= 4 is 17.0 Å². The molecule has 20 heavy (non-hydrogen) atoms. The number of aliphatic hydroxyl groups is 1. The molecule has 106 valence electrons. The largest absolute Gasteiger partial charge is 0.507 e. The summed E-state index contributed by atoms with van der Waals surface area (Å²) in [5.41, 5.74) is 2.92. The first-order valence-corrected chi connectivity index (χ1v) is 7.88. The van der Waals surface area contributed by atoms with Crippen LogP contribution in [-0.2, 0) is 6.54 Å². The van der Waals surface area contributed by atoms with E-state index in [0.29, 0.717) is 11.6 Å². The molecule has 0 saturated heterocycles. The number of rotatable bonds is 5. The van der Waals surface area contributed by atoms with Crippen LogP contribution in [0.1, 0.15) is 37.0 Å². The summed E-state index contributed by atoms with van der Waals surface area (Å²) in [4.78, 5) is 2.34. The Kier molecular flexibility index (Phi) is 3.68. The van der Waals surface area contributed by atoms with Gasteiger partial charge in [0.15, 0.2) is 0 Å². The number of hydrogen-bond acceptors (Lipinski definition) is 4. The number of aliphatic hydroxyl groups excluding tert-OH is 1. The second kappa shape index (κ2) is 5.46. The molecule has 2 N–H and O–H groups in total. The van der Waals surface area contributed by atoms with Crippen LogP contribution in [0.4, 0.5) is 5.69 Å². The molecule has 1 fully saturated rings.